The van der Waals surface area contributed by atoms with Crippen molar-refractivity contribution in [3.8, 4) is 0 Å². The van der Waals surface area contributed by atoms with E-state index in [1.54, 1.807) is 12.4 Å². The van der Waals surface area contributed by atoms with E-state index in [0.717, 1.165) is 57.2 Å². The summed E-state index contributed by atoms with van der Waals surface area (Å²) >= 11 is 0. The molecular weight excluding hydrogens is 378 g/mol. The van der Waals surface area contributed by atoms with Crippen molar-refractivity contribution in [3.63, 3.8) is 0 Å². The van der Waals surface area contributed by atoms with Gasteiger partial charge in [0.15, 0.2) is 0 Å². The molecule has 1 amide bonds. The minimum atomic E-state index is 0.166. The van der Waals surface area contributed by atoms with Gasteiger partial charge in [-0.25, -0.2) is 9.97 Å². The van der Waals surface area contributed by atoms with Gasteiger partial charge in [-0.15, -0.1) is 0 Å². The molecule has 0 radical (unpaired) electrons. The highest BCUT2D eigenvalue weighted by molar-refractivity contribution is 5.78. The Balaban J connectivity index is 1.10. The van der Waals surface area contributed by atoms with Crippen LogP contribution in [0.25, 0.3) is 0 Å². The van der Waals surface area contributed by atoms with Crippen LogP contribution in [0.3, 0.4) is 0 Å². The number of nitrogens with one attached hydrogen (secondary N) is 2. The van der Waals surface area contributed by atoms with Crippen molar-refractivity contribution in [1.82, 2.24) is 30.4 Å². The monoisotopic (exact) mass is 413 g/mol. The standard InChI is InChI=1S/C22H35N7O/c30-21(16-27-8-10-28(11-9-27)22-24-5-3-6-25-22)26-15-20-18-12-17(13-23-14-18)19-4-1-2-7-29(19)20/h3,5-6,17-20,23H,1-2,4,7-16H2,(H,26,30)/t17-,18+,19+,20+/m1/s1. The number of piperidine rings is 3. The number of rotatable bonds is 5. The second-order valence-electron chi connectivity index (χ2n) is 9.40. The smallest absolute Gasteiger partial charge is 0.234 e. The van der Waals surface area contributed by atoms with E-state index in [1.165, 1.54) is 38.8 Å². The molecule has 1 aromatic heterocycles. The lowest BCUT2D eigenvalue weighted by Gasteiger charge is -2.55. The van der Waals surface area contributed by atoms with E-state index in [0.29, 0.717) is 18.5 Å². The van der Waals surface area contributed by atoms with E-state index in [2.05, 4.69) is 35.3 Å². The van der Waals surface area contributed by atoms with Crippen molar-refractivity contribution < 1.29 is 4.79 Å². The summed E-state index contributed by atoms with van der Waals surface area (Å²) in [7, 11) is 0. The quantitative estimate of drug-likeness (QED) is 0.713. The Labute approximate surface area is 179 Å². The molecular formula is C22H35N7O. The van der Waals surface area contributed by atoms with E-state index in [-0.39, 0.29) is 5.91 Å². The first-order valence-corrected chi connectivity index (χ1v) is 11.8. The average molecular weight is 414 g/mol. The maximum absolute atomic E-state index is 12.7. The van der Waals surface area contributed by atoms with Gasteiger partial charge in [-0.1, -0.05) is 6.42 Å². The highest BCUT2D eigenvalue weighted by Crippen LogP contribution is 2.38. The average Bonchev–Trinajstić information content (AvgIpc) is 2.80. The molecule has 4 aliphatic heterocycles. The Morgan fingerprint density at radius 2 is 1.87 bits per heavy atom. The normalized spacial score (nSPS) is 32.5. The maximum Gasteiger partial charge on any atom is 0.234 e. The molecule has 2 bridgehead atoms. The molecule has 4 atom stereocenters. The number of carbonyl (C=O) groups excluding carboxylic acids is 1. The van der Waals surface area contributed by atoms with Crippen LogP contribution < -0.4 is 15.5 Å². The van der Waals surface area contributed by atoms with Gasteiger partial charge in [0.2, 0.25) is 11.9 Å². The third-order valence-corrected chi connectivity index (χ3v) is 7.61. The Bertz CT molecular complexity index is 709. The molecule has 8 nitrogen and oxygen atoms in total. The molecule has 8 heteroatoms. The van der Waals surface area contributed by atoms with Gasteiger partial charge < -0.3 is 15.5 Å². The van der Waals surface area contributed by atoms with Gasteiger partial charge in [-0.05, 0) is 56.8 Å². The zero-order valence-corrected chi connectivity index (χ0v) is 17.9. The molecule has 0 aromatic carbocycles. The summed E-state index contributed by atoms with van der Waals surface area (Å²) in [6, 6.07) is 3.06. The van der Waals surface area contributed by atoms with Gasteiger partial charge in [0.05, 0.1) is 6.54 Å². The summed E-state index contributed by atoms with van der Waals surface area (Å²) in [5, 5.41) is 6.95. The molecule has 4 aliphatic rings. The summed E-state index contributed by atoms with van der Waals surface area (Å²) in [5.74, 6) is 2.43. The zero-order valence-electron chi connectivity index (χ0n) is 17.9. The Morgan fingerprint density at radius 3 is 2.70 bits per heavy atom. The number of aromatic nitrogens is 2. The van der Waals surface area contributed by atoms with Gasteiger partial charge >= 0.3 is 0 Å². The zero-order chi connectivity index (χ0) is 20.3. The molecule has 4 saturated heterocycles. The second kappa shape index (κ2) is 9.16. The predicted molar refractivity (Wildman–Crippen MR) is 116 cm³/mol. The second-order valence-corrected chi connectivity index (χ2v) is 9.40. The van der Waals surface area contributed by atoms with Gasteiger partial charge in [-0.2, -0.15) is 0 Å². The number of fused-ring (bicyclic) bond motifs is 4. The van der Waals surface area contributed by atoms with Crippen LogP contribution in [-0.4, -0.2) is 96.7 Å². The summed E-state index contributed by atoms with van der Waals surface area (Å²) in [6.45, 7) is 8.25. The molecule has 0 spiro atoms. The van der Waals surface area contributed by atoms with Crippen molar-refractivity contribution in [1.29, 1.82) is 0 Å². The van der Waals surface area contributed by atoms with E-state index in [4.69, 9.17) is 0 Å². The fourth-order valence-electron chi connectivity index (χ4n) is 6.09. The number of hydrogen-bond donors (Lipinski definition) is 2. The van der Waals surface area contributed by atoms with Gasteiger partial charge in [0, 0.05) is 57.2 Å². The fourth-order valence-corrected chi connectivity index (χ4v) is 6.09. The van der Waals surface area contributed by atoms with Gasteiger partial charge in [-0.3, -0.25) is 14.6 Å². The first-order chi connectivity index (χ1) is 14.8. The lowest BCUT2D eigenvalue weighted by Crippen LogP contribution is -2.65. The molecule has 5 heterocycles. The number of anilines is 1. The van der Waals surface area contributed by atoms with Crippen LogP contribution in [0, 0.1) is 11.8 Å². The van der Waals surface area contributed by atoms with E-state index in [9.17, 15) is 4.79 Å². The van der Waals surface area contributed by atoms with Gasteiger partial charge in [0.1, 0.15) is 0 Å². The summed E-state index contributed by atoms with van der Waals surface area (Å²) in [6.07, 6.45) is 8.90. The number of hydrogen-bond acceptors (Lipinski definition) is 7. The molecule has 164 valence electrons. The van der Waals surface area contributed by atoms with Crippen molar-refractivity contribution >= 4 is 11.9 Å². The number of carbonyl (C=O) groups is 1. The minimum absolute atomic E-state index is 0.166. The number of piperazine rings is 1. The minimum Gasteiger partial charge on any atom is -0.353 e. The van der Waals surface area contributed by atoms with Crippen molar-refractivity contribution in [2.75, 3.05) is 63.8 Å². The largest absolute Gasteiger partial charge is 0.353 e. The molecule has 4 fully saturated rings. The van der Waals surface area contributed by atoms with Crippen molar-refractivity contribution in [2.24, 2.45) is 11.8 Å². The molecule has 0 aliphatic carbocycles. The molecule has 2 N–H and O–H groups in total. The van der Waals surface area contributed by atoms with Crippen LogP contribution in [0.4, 0.5) is 5.95 Å². The fraction of sp³-hybridized carbons (Fsp3) is 0.773. The van der Waals surface area contributed by atoms with Crippen LogP contribution in [0.1, 0.15) is 25.7 Å². The van der Waals surface area contributed by atoms with E-state index < -0.39 is 0 Å². The predicted octanol–water partition coefficient (Wildman–Crippen LogP) is 0.177. The third-order valence-electron chi connectivity index (χ3n) is 7.61. The highest BCUT2D eigenvalue weighted by Gasteiger charge is 2.45. The molecule has 30 heavy (non-hydrogen) atoms. The molecule has 0 unspecified atom stereocenters. The van der Waals surface area contributed by atoms with Crippen LogP contribution >= 0.6 is 0 Å². The van der Waals surface area contributed by atoms with E-state index >= 15 is 0 Å². The van der Waals surface area contributed by atoms with Crippen LogP contribution in [-0.2, 0) is 4.79 Å². The first kappa shape index (κ1) is 20.2. The first-order valence-electron chi connectivity index (χ1n) is 11.8. The van der Waals surface area contributed by atoms with E-state index in [1.807, 2.05) is 6.07 Å². The third kappa shape index (κ3) is 4.31. The van der Waals surface area contributed by atoms with Gasteiger partial charge in [0.25, 0.3) is 0 Å². The summed E-state index contributed by atoms with van der Waals surface area (Å²) < 4.78 is 0. The highest BCUT2D eigenvalue weighted by atomic mass is 16.2. The molecule has 1 aromatic rings. The van der Waals surface area contributed by atoms with Crippen LogP contribution in [0.2, 0.25) is 0 Å². The summed E-state index contributed by atoms with van der Waals surface area (Å²) in [5.41, 5.74) is 0. The Hall–Kier alpha value is -1.77. The van der Waals surface area contributed by atoms with Crippen molar-refractivity contribution in [2.45, 2.75) is 37.8 Å². The van der Waals surface area contributed by atoms with Crippen molar-refractivity contribution in [3.05, 3.63) is 18.5 Å². The maximum atomic E-state index is 12.7. The van der Waals surface area contributed by atoms with Crippen LogP contribution in [0.15, 0.2) is 18.5 Å². The number of amides is 1. The molecule has 5 rings (SSSR count). The number of nitrogens with zero attached hydrogens (tertiary/aromatic N) is 5. The topological polar surface area (TPSA) is 76.6 Å². The SMILES string of the molecule is O=C(CN1CCN(c2ncccn2)CC1)NC[C@H]1[C@@H]2CNC[C@@H](C2)[C@@H]2CCCCN21. The summed E-state index contributed by atoms with van der Waals surface area (Å²) in [4.78, 5) is 28.6. The van der Waals surface area contributed by atoms with Crippen LogP contribution in [0.5, 0.6) is 0 Å². The lowest BCUT2D eigenvalue weighted by molar-refractivity contribution is -0.123. The Morgan fingerprint density at radius 1 is 1.07 bits per heavy atom. The molecule has 0 saturated carbocycles. The Kier molecular flexibility index (Phi) is 6.15. The lowest BCUT2D eigenvalue weighted by atomic mass is 9.73.